The van der Waals surface area contributed by atoms with Crippen molar-refractivity contribution in [1.82, 2.24) is 9.88 Å². The minimum Gasteiger partial charge on any atom is -0.369 e. The van der Waals surface area contributed by atoms with Gasteiger partial charge in [-0.3, -0.25) is 14.9 Å². The quantitative estimate of drug-likeness (QED) is 0.691. The molecular weight excluding hydrogens is 401 g/mol. The molecule has 1 unspecified atom stereocenters. The normalized spacial score (nSPS) is 20.5. The zero-order chi connectivity index (χ0) is 20.7. The number of amidine groups is 1. The lowest BCUT2D eigenvalue weighted by atomic mass is 9.81. The lowest BCUT2D eigenvalue weighted by molar-refractivity contribution is 0.531. The predicted octanol–water partition coefficient (Wildman–Crippen LogP) is 4.22. The number of guanidine groups is 1. The van der Waals surface area contributed by atoms with Gasteiger partial charge in [-0.15, -0.1) is 0 Å². The highest BCUT2D eigenvalue weighted by atomic mass is 35.5. The molecule has 0 bridgehead atoms. The molecule has 0 saturated heterocycles. The molecule has 0 amide bonds. The summed E-state index contributed by atoms with van der Waals surface area (Å²) in [6.45, 7) is 1.52. The molecule has 3 aromatic rings. The first kappa shape index (κ1) is 18.8. The maximum atomic E-state index is 13.7. The second kappa shape index (κ2) is 7.22. The SMILES string of the molecule is NC1=NC(c2ccncc2)(c2cccc(-c3ccc(F)c(Cl)c3)c2)C2=NCCCN12. The highest BCUT2D eigenvalue weighted by Gasteiger charge is 2.49. The van der Waals surface area contributed by atoms with E-state index in [2.05, 4.69) is 4.98 Å². The van der Waals surface area contributed by atoms with Crippen LogP contribution in [0.3, 0.4) is 0 Å². The van der Waals surface area contributed by atoms with Gasteiger partial charge in [0, 0.05) is 25.5 Å². The number of aromatic nitrogens is 1. The molecule has 0 spiro atoms. The summed E-state index contributed by atoms with van der Waals surface area (Å²) < 4.78 is 13.7. The van der Waals surface area contributed by atoms with Crippen molar-refractivity contribution in [1.29, 1.82) is 0 Å². The minimum absolute atomic E-state index is 0.0905. The van der Waals surface area contributed by atoms with Crippen molar-refractivity contribution < 1.29 is 4.39 Å². The molecule has 7 heteroatoms. The van der Waals surface area contributed by atoms with Crippen molar-refractivity contribution in [2.45, 2.75) is 12.0 Å². The average molecular weight is 420 g/mol. The molecule has 2 aliphatic rings. The fourth-order valence-corrected chi connectivity index (χ4v) is 4.35. The van der Waals surface area contributed by atoms with E-state index in [1.54, 1.807) is 24.5 Å². The second-order valence-electron chi connectivity index (χ2n) is 7.34. The lowest BCUT2D eigenvalue weighted by Gasteiger charge is -2.33. The van der Waals surface area contributed by atoms with Crippen LogP contribution in [0.4, 0.5) is 4.39 Å². The van der Waals surface area contributed by atoms with Gasteiger partial charge in [0.25, 0.3) is 0 Å². The Morgan fingerprint density at radius 3 is 2.60 bits per heavy atom. The number of benzene rings is 2. The van der Waals surface area contributed by atoms with Crippen molar-refractivity contribution in [3.8, 4) is 11.1 Å². The Bertz CT molecular complexity index is 1180. The lowest BCUT2D eigenvalue weighted by Crippen LogP contribution is -2.46. The van der Waals surface area contributed by atoms with E-state index >= 15 is 0 Å². The molecule has 150 valence electrons. The molecule has 2 aliphatic heterocycles. The van der Waals surface area contributed by atoms with Gasteiger partial charge in [0.15, 0.2) is 11.5 Å². The third kappa shape index (κ3) is 2.87. The van der Waals surface area contributed by atoms with Gasteiger partial charge in [-0.05, 0) is 59.0 Å². The summed E-state index contributed by atoms with van der Waals surface area (Å²) in [5, 5.41) is 0.0905. The van der Waals surface area contributed by atoms with Crippen LogP contribution in [0.15, 0.2) is 77.0 Å². The number of hydrogen-bond acceptors (Lipinski definition) is 5. The van der Waals surface area contributed by atoms with Crippen molar-refractivity contribution in [2.24, 2.45) is 15.7 Å². The predicted molar refractivity (Wildman–Crippen MR) is 117 cm³/mol. The zero-order valence-corrected chi connectivity index (χ0v) is 16.9. The van der Waals surface area contributed by atoms with Crippen LogP contribution < -0.4 is 5.73 Å². The molecule has 5 nitrogen and oxygen atoms in total. The van der Waals surface area contributed by atoms with Gasteiger partial charge >= 0.3 is 0 Å². The smallest absolute Gasteiger partial charge is 0.198 e. The molecule has 0 fully saturated rings. The Morgan fingerprint density at radius 2 is 1.80 bits per heavy atom. The second-order valence-corrected chi connectivity index (χ2v) is 7.74. The maximum Gasteiger partial charge on any atom is 0.198 e. The van der Waals surface area contributed by atoms with E-state index < -0.39 is 11.4 Å². The van der Waals surface area contributed by atoms with Crippen LogP contribution in [-0.4, -0.2) is 34.8 Å². The molecule has 30 heavy (non-hydrogen) atoms. The molecule has 0 radical (unpaired) electrons. The standard InChI is InChI=1S/C23H19ClFN5/c24-19-14-16(5-6-20(19)25)15-3-1-4-18(13-15)23(17-7-10-27-11-8-17)21-28-9-2-12-30(21)22(26)29-23/h1,3-8,10-11,13-14H,2,9,12H2,(H2,26,29). The monoisotopic (exact) mass is 419 g/mol. The van der Waals surface area contributed by atoms with Crippen LogP contribution in [-0.2, 0) is 5.54 Å². The topological polar surface area (TPSA) is 66.9 Å². The van der Waals surface area contributed by atoms with Crippen molar-refractivity contribution >= 4 is 23.4 Å². The van der Waals surface area contributed by atoms with Crippen LogP contribution in [0, 0.1) is 5.82 Å². The van der Waals surface area contributed by atoms with E-state index in [0.717, 1.165) is 47.6 Å². The van der Waals surface area contributed by atoms with Gasteiger partial charge in [-0.25, -0.2) is 9.38 Å². The molecule has 1 aromatic heterocycles. The average Bonchev–Trinajstić information content (AvgIpc) is 3.10. The summed E-state index contributed by atoms with van der Waals surface area (Å²) >= 11 is 6.02. The van der Waals surface area contributed by atoms with Crippen LogP contribution in [0.25, 0.3) is 11.1 Å². The Labute approximate surface area is 178 Å². The molecule has 0 saturated carbocycles. The van der Waals surface area contributed by atoms with E-state index in [1.165, 1.54) is 6.07 Å². The van der Waals surface area contributed by atoms with Crippen molar-refractivity contribution in [2.75, 3.05) is 13.1 Å². The summed E-state index contributed by atoms with van der Waals surface area (Å²) in [4.78, 5) is 15.9. The number of hydrogen-bond donors (Lipinski definition) is 1. The summed E-state index contributed by atoms with van der Waals surface area (Å²) in [6.07, 6.45) is 4.43. The minimum atomic E-state index is -0.854. The van der Waals surface area contributed by atoms with Crippen LogP contribution in [0.2, 0.25) is 5.02 Å². The fourth-order valence-electron chi connectivity index (χ4n) is 4.17. The van der Waals surface area contributed by atoms with Gasteiger partial charge < -0.3 is 5.73 Å². The van der Waals surface area contributed by atoms with Crippen LogP contribution in [0.5, 0.6) is 0 Å². The molecule has 1 atom stereocenters. The summed E-state index contributed by atoms with van der Waals surface area (Å²) in [7, 11) is 0. The van der Waals surface area contributed by atoms with E-state index in [4.69, 9.17) is 27.3 Å². The number of nitrogens with two attached hydrogens (primary N) is 1. The van der Waals surface area contributed by atoms with Gasteiger partial charge in [-0.1, -0.05) is 35.9 Å². The molecule has 5 rings (SSSR count). The van der Waals surface area contributed by atoms with Crippen LogP contribution >= 0.6 is 11.6 Å². The summed E-state index contributed by atoms with van der Waals surface area (Å²) in [5.74, 6) is 0.845. The first-order valence-corrected chi connectivity index (χ1v) is 10.1. The Hall–Kier alpha value is -3.25. The van der Waals surface area contributed by atoms with E-state index in [0.29, 0.717) is 5.96 Å². The first-order chi connectivity index (χ1) is 14.6. The highest BCUT2D eigenvalue weighted by Crippen LogP contribution is 2.42. The van der Waals surface area contributed by atoms with Crippen molar-refractivity contribution in [3.05, 3.63) is 89.0 Å². The highest BCUT2D eigenvalue weighted by molar-refractivity contribution is 6.31. The van der Waals surface area contributed by atoms with Gasteiger partial charge in [0.2, 0.25) is 0 Å². The summed E-state index contributed by atoms with van der Waals surface area (Å²) in [5.41, 5.74) is 9.10. The van der Waals surface area contributed by atoms with Crippen LogP contribution in [0.1, 0.15) is 17.5 Å². The Kier molecular flexibility index (Phi) is 4.51. The Balaban J connectivity index is 1.73. The number of halogens is 2. The number of nitrogens with zero attached hydrogens (tertiary/aromatic N) is 4. The van der Waals surface area contributed by atoms with E-state index in [1.807, 2.05) is 41.3 Å². The fraction of sp³-hybridized carbons (Fsp3) is 0.174. The number of aliphatic imine (C=N–C) groups is 2. The number of rotatable bonds is 3. The molecule has 0 aliphatic carbocycles. The van der Waals surface area contributed by atoms with Crippen molar-refractivity contribution in [3.63, 3.8) is 0 Å². The summed E-state index contributed by atoms with van der Waals surface area (Å²) in [6, 6.07) is 16.6. The van der Waals surface area contributed by atoms with Gasteiger partial charge in [0.05, 0.1) is 5.02 Å². The molecular formula is C23H19ClFN5. The van der Waals surface area contributed by atoms with E-state index in [-0.39, 0.29) is 5.02 Å². The largest absolute Gasteiger partial charge is 0.369 e. The molecule has 2 aromatic carbocycles. The first-order valence-electron chi connectivity index (χ1n) is 9.74. The number of pyridine rings is 1. The molecule has 3 heterocycles. The Morgan fingerprint density at radius 1 is 1.00 bits per heavy atom. The van der Waals surface area contributed by atoms with E-state index in [9.17, 15) is 4.39 Å². The molecule has 2 N–H and O–H groups in total. The number of fused-ring (bicyclic) bond motifs is 1. The van der Waals surface area contributed by atoms with Gasteiger partial charge in [0.1, 0.15) is 11.7 Å². The zero-order valence-electron chi connectivity index (χ0n) is 16.1. The third-order valence-corrected chi connectivity index (χ3v) is 5.86. The van der Waals surface area contributed by atoms with Gasteiger partial charge in [-0.2, -0.15) is 0 Å². The third-order valence-electron chi connectivity index (χ3n) is 5.57. The maximum absolute atomic E-state index is 13.7.